The third-order valence-electron chi connectivity index (χ3n) is 6.10. The van der Waals surface area contributed by atoms with Crippen LogP contribution in [0.1, 0.15) is 30.9 Å². The number of rotatable bonds is 4. The minimum Gasteiger partial charge on any atom is -0.481 e. The number of para-hydroxylation sites is 2. The van der Waals surface area contributed by atoms with Crippen molar-refractivity contribution in [3.8, 4) is 0 Å². The Bertz CT molecular complexity index is 778. The highest BCUT2D eigenvalue weighted by Crippen LogP contribution is 2.36. The lowest BCUT2D eigenvalue weighted by Gasteiger charge is -2.38. The average molecular weight is 401 g/mol. The highest BCUT2D eigenvalue weighted by atomic mass is 35.5. The lowest BCUT2D eigenvalue weighted by molar-refractivity contribution is -0.143. The molecule has 0 aromatic heterocycles. The number of hydrogen-bond donors (Lipinski definition) is 1. The van der Waals surface area contributed by atoms with Crippen molar-refractivity contribution in [2.75, 3.05) is 24.5 Å². The lowest BCUT2D eigenvalue weighted by Crippen LogP contribution is -2.47. The summed E-state index contributed by atoms with van der Waals surface area (Å²) >= 11 is 0. The summed E-state index contributed by atoms with van der Waals surface area (Å²) in [7, 11) is 0. The van der Waals surface area contributed by atoms with Gasteiger partial charge >= 0.3 is 5.97 Å². The van der Waals surface area contributed by atoms with Gasteiger partial charge in [0.15, 0.2) is 0 Å². The van der Waals surface area contributed by atoms with E-state index in [1.165, 1.54) is 22.5 Å². The Morgan fingerprint density at radius 1 is 1.07 bits per heavy atom. The third-order valence-corrected chi connectivity index (χ3v) is 6.10. The van der Waals surface area contributed by atoms with Crippen LogP contribution >= 0.6 is 12.4 Å². The number of carboxylic acid groups (broad SMARTS) is 1. The number of carboxylic acids is 1. The average Bonchev–Trinajstić information content (AvgIpc) is 2.86. The van der Waals surface area contributed by atoms with Gasteiger partial charge in [-0.15, -0.1) is 12.4 Å². The fourth-order valence-electron chi connectivity index (χ4n) is 4.55. The van der Waals surface area contributed by atoms with Crippen LogP contribution in [0.3, 0.4) is 0 Å². The van der Waals surface area contributed by atoms with Gasteiger partial charge in [0.1, 0.15) is 0 Å². The molecule has 0 radical (unpaired) electrons. The van der Waals surface area contributed by atoms with Gasteiger partial charge in [-0.25, -0.2) is 0 Å². The van der Waals surface area contributed by atoms with Crippen LogP contribution in [0.4, 0.5) is 11.4 Å². The molecule has 0 aliphatic carbocycles. The maximum Gasteiger partial charge on any atom is 0.307 e. The molecule has 2 aliphatic heterocycles. The van der Waals surface area contributed by atoms with Gasteiger partial charge in [0.25, 0.3) is 0 Å². The van der Waals surface area contributed by atoms with E-state index in [0.29, 0.717) is 12.6 Å². The number of anilines is 2. The normalized spacial score (nSPS) is 20.3. The topological polar surface area (TPSA) is 43.8 Å². The van der Waals surface area contributed by atoms with Crippen molar-refractivity contribution in [3.63, 3.8) is 0 Å². The van der Waals surface area contributed by atoms with Crippen LogP contribution in [0.25, 0.3) is 0 Å². The number of aliphatic carboxylic acids is 1. The van der Waals surface area contributed by atoms with Gasteiger partial charge in [-0.1, -0.05) is 36.4 Å². The first kappa shape index (κ1) is 20.7. The number of fused-ring (bicyclic) bond motifs is 2. The van der Waals surface area contributed by atoms with Gasteiger partial charge in [0, 0.05) is 30.5 Å². The second-order valence-electron chi connectivity index (χ2n) is 7.89. The summed E-state index contributed by atoms with van der Waals surface area (Å²) in [5, 5.41) is 9.42. The van der Waals surface area contributed by atoms with E-state index in [1.807, 2.05) is 0 Å². The van der Waals surface area contributed by atoms with Gasteiger partial charge in [-0.3, -0.25) is 9.69 Å². The smallest absolute Gasteiger partial charge is 0.307 e. The zero-order valence-corrected chi connectivity index (χ0v) is 17.2. The SMILES string of the molecule is C[C@H](CN1c2ccccc2CCc2ccccc21)N1CCCC(C(=O)O)C1.Cl. The number of likely N-dealkylation sites (tertiary alicyclic amines) is 1. The minimum atomic E-state index is -0.655. The Labute approximate surface area is 173 Å². The van der Waals surface area contributed by atoms with E-state index in [2.05, 4.69) is 65.3 Å². The van der Waals surface area contributed by atoms with Crippen LogP contribution in [0.15, 0.2) is 48.5 Å². The number of halogens is 1. The molecule has 0 saturated carbocycles. The van der Waals surface area contributed by atoms with Crippen LogP contribution in [-0.2, 0) is 17.6 Å². The maximum atomic E-state index is 11.4. The summed E-state index contributed by atoms with van der Waals surface area (Å²) in [6.45, 7) is 4.76. The second kappa shape index (κ2) is 8.97. The van der Waals surface area contributed by atoms with E-state index >= 15 is 0 Å². The molecule has 5 heteroatoms. The van der Waals surface area contributed by atoms with Crippen LogP contribution in [0.5, 0.6) is 0 Å². The Balaban J connectivity index is 0.00000225. The molecule has 4 rings (SSSR count). The van der Waals surface area contributed by atoms with Crippen LogP contribution in [0, 0.1) is 5.92 Å². The number of carbonyl (C=O) groups is 1. The predicted octanol–water partition coefficient (Wildman–Crippen LogP) is 4.53. The first-order valence-electron chi connectivity index (χ1n) is 10.0. The summed E-state index contributed by atoms with van der Waals surface area (Å²) in [5.74, 6) is -0.887. The Morgan fingerprint density at radius 2 is 1.64 bits per heavy atom. The molecule has 1 unspecified atom stereocenters. The largest absolute Gasteiger partial charge is 0.481 e. The summed E-state index contributed by atoms with van der Waals surface area (Å²) in [4.78, 5) is 16.3. The first-order valence-corrected chi connectivity index (χ1v) is 10.0. The Hall–Kier alpha value is -2.04. The fraction of sp³-hybridized carbons (Fsp3) is 0.435. The molecule has 2 atom stereocenters. The van der Waals surface area contributed by atoms with E-state index in [1.54, 1.807) is 0 Å². The van der Waals surface area contributed by atoms with Gasteiger partial charge in [-0.05, 0) is 62.4 Å². The molecule has 28 heavy (non-hydrogen) atoms. The van der Waals surface area contributed by atoms with E-state index in [9.17, 15) is 9.90 Å². The quantitative estimate of drug-likeness (QED) is 0.818. The standard InChI is InChI=1S/C23H28N2O2.ClH/c1-17(24-14-6-9-20(16-24)23(26)27)15-25-21-10-4-2-7-18(21)12-13-19-8-3-5-11-22(19)25;/h2-5,7-8,10-11,17,20H,6,9,12-16H2,1H3,(H,26,27);1H/t17-,20?;/m1./s1. The molecule has 150 valence electrons. The van der Waals surface area contributed by atoms with Gasteiger partial charge in [-0.2, -0.15) is 0 Å². The van der Waals surface area contributed by atoms with Crippen molar-refractivity contribution in [1.82, 2.24) is 4.90 Å². The molecule has 2 aromatic rings. The fourth-order valence-corrected chi connectivity index (χ4v) is 4.55. The maximum absolute atomic E-state index is 11.4. The molecule has 4 nitrogen and oxygen atoms in total. The van der Waals surface area contributed by atoms with Gasteiger partial charge in [0.2, 0.25) is 0 Å². The van der Waals surface area contributed by atoms with Gasteiger partial charge < -0.3 is 10.0 Å². The molecule has 0 spiro atoms. The molecular formula is C23H29ClN2O2. The van der Waals surface area contributed by atoms with E-state index in [-0.39, 0.29) is 18.3 Å². The van der Waals surface area contributed by atoms with E-state index in [0.717, 1.165) is 38.8 Å². The summed E-state index contributed by atoms with van der Waals surface area (Å²) in [6, 6.07) is 17.7. The summed E-state index contributed by atoms with van der Waals surface area (Å²) in [6.07, 6.45) is 3.88. The molecule has 2 aromatic carbocycles. The van der Waals surface area contributed by atoms with Crippen LogP contribution in [-0.4, -0.2) is 41.7 Å². The minimum absolute atomic E-state index is 0. The Kier molecular flexibility index (Phi) is 6.63. The van der Waals surface area contributed by atoms with Crippen molar-refractivity contribution in [2.24, 2.45) is 5.92 Å². The van der Waals surface area contributed by atoms with Crippen molar-refractivity contribution < 1.29 is 9.90 Å². The third kappa shape index (κ3) is 4.18. The first-order chi connectivity index (χ1) is 13.1. The number of hydrogen-bond acceptors (Lipinski definition) is 3. The highest BCUT2D eigenvalue weighted by Gasteiger charge is 2.30. The Morgan fingerprint density at radius 3 is 2.21 bits per heavy atom. The molecule has 1 saturated heterocycles. The van der Waals surface area contributed by atoms with Crippen LogP contribution < -0.4 is 4.90 Å². The highest BCUT2D eigenvalue weighted by molar-refractivity contribution is 5.85. The second-order valence-corrected chi connectivity index (χ2v) is 7.89. The molecular weight excluding hydrogens is 372 g/mol. The van der Waals surface area contributed by atoms with Gasteiger partial charge in [0.05, 0.1) is 5.92 Å². The van der Waals surface area contributed by atoms with E-state index in [4.69, 9.17) is 0 Å². The molecule has 2 aliphatic rings. The molecule has 0 bridgehead atoms. The zero-order valence-electron chi connectivity index (χ0n) is 16.4. The number of benzene rings is 2. The summed E-state index contributed by atoms with van der Waals surface area (Å²) < 4.78 is 0. The number of piperidine rings is 1. The molecule has 2 heterocycles. The van der Waals surface area contributed by atoms with Crippen molar-refractivity contribution in [2.45, 2.75) is 38.6 Å². The number of aryl methyl sites for hydroxylation is 2. The monoisotopic (exact) mass is 400 g/mol. The lowest BCUT2D eigenvalue weighted by atomic mass is 9.97. The molecule has 1 fully saturated rings. The summed E-state index contributed by atoms with van der Waals surface area (Å²) in [5.41, 5.74) is 5.37. The van der Waals surface area contributed by atoms with E-state index < -0.39 is 5.97 Å². The van der Waals surface area contributed by atoms with Crippen molar-refractivity contribution >= 4 is 29.8 Å². The van der Waals surface area contributed by atoms with Crippen molar-refractivity contribution in [3.05, 3.63) is 59.7 Å². The van der Waals surface area contributed by atoms with Crippen LogP contribution in [0.2, 0.25) is 0 Å². The predicted molar refractivity (Wildman–Crippen MR) is 116 cm³/mol. The zero-order chi connectivity index (χ0) is 18.8. The molecule has 0 amide bonds. The molecule has 1 N–H and O–H groups in total. The van der Waals surface area contributed by atoms with Crippen molar-refractivity contribution in [1.29, 1.82) is 0 Å². The number of nitrogens with zero attached hydrogens (tertiary/aromatic N) is 2.